The lowest BCUT2D eigenvalue weighted by Crippen LogP contribution is -2.36. The highest BCUT2D eigenvalue weighted by molar-refractivity contribution is 7.93. The molecular weight excluding hydrogens is 463 g/mol. The first-order valence-corrected chi connectivity index (χ1v) is 13.1. The second-order valence-corrected chi connectivity index (χ2v) is 11.6. The molecule has 0 radical (unpaired) electrons. The molecule has 1 aliphatic heterocycles. The van der Waals surface area contributed by atoms with E-state index in [-0.39, 0.29) is 15.8 Å². The largest absolute Gasteiger partial charge is 0.386 e. The lowest BCUT2D eigenvalue weighted by molar-refractivity contribution is 0.0748. The van der Waals surface area contributed by atoms with Gasteiger partial charge in [-0.1, -0.05) is 30.3 Å². The van der Waals surface area contributed by atoms with Gasteiger partial charge in [0.25, 0.3) is 0 Å². The first kappa shape index (κ1) is 23.6. The molecule has 176 valence electrons. The molecule has 0 spiro atoms. The smallest absolute Gasteiger partial charge is 0.354 e. The Kier molecular flexibility index (Phi) is 6.21. The monoisotopic (exact) mass is 490 g/mol. The third-order valence-electron chi connectivity index (χ3n) is 5.83. The van der Waals surface area contributed by atoms with Gasteiger partial charge in [0.05, 0.1) is 11.3 Å². The number of carbonyl (C=O) groups is 1. The predicted molar refractivity (Wildman–Crippen MR) is 128 cm³/mol. The van der Waals surface area contributed by atoms with Crippen LogP contribution in [0.15, 0.2) is 61.3 Å². The number of fused-ring (bicyclic) bond motifs is 1. The van der Waals surface area contributed by atoms with Crippen molar-refractivity contribution in [3.8, 4) is 0 Å². The number of aliphatic hydroxyl groups is 1. The van der Waals surface area contributed by atoms with E-state index in [9.17, 15) is 18.5 Å². The fourth-order valence-corrected chi connectivity index (χ4v) is 6.70. The first-order chi connectivity index (χ1) is 15.5. The van der Waals surface area contributed by atoms with Gasteiger partial charge < -0.3 is 15.7 Å². The second-order valence-electron chi connectivity index (χ2n) is 8.76. The van der Waals surface area contributed by atoms with E-state index < -0.39 is 27.4 Å². The van der Waals surface area contributed by atoms with Crippen molar-refractivity contribution in [2.45, 2.75) is 55.9 Å². The summed E-state index contributed by atoms with van der Waals surface area (Å²) < 4.78 is 31.2. The summed E-state index contributed by atoms with van der Waals surface area (Å²) in [5.74, 6) is -0.906. The summed E-state index contributed by atoms with van der Waals surface area (Å²) in [4.78, 5) is 12.9. The number of urea groups is 1. The summed E-state index contributed by atoms with van der Waals surface area (Å²) in [7, 11) is -3.86. The Morgan fingerprint density at radius 3 is 2.70 bits per heavy atom. The van der Waals surface area contributed by atoms with Gasteiger partial charge in [0.2, 0.25) is 0 Å². The average molecular weight is 491 g/mol. The van der Waals surface area contributed by atoms with E-state index in [0.717, 1.165) is 53.0 Å². The number of nitrogens with one attached hydrogen (secondary N) is 2. The molecule has 2 unspecified atom stereocenters. The Morgan fingerprint density at radius 1 is 1.36 bits per heavy atom. The lowest BCUT2D eigenvalue weighted by atomic mass is 9.91. The molecule has 2 heterocycles. The molecule has 1 saturated carbocycles. The number of hydrogen-bond donors (Lipinski definition) is 4. The number of nitrogens with zero attached hydrogens (tertiary/aromatic N) is 1. The normalized spacial score (nSPS) is 20.2. The standard InChI is InChI=1S/C23H27FN4O3S2/c1-13-18(14-8-5-4-6-9-14)20(15-10-7-11-17(15)26-13)27-22(29)28-33(25,31)21-19(24)16(12-32-21)23(2,3)30/h4-6,8-9,12,17,26,30H,7,10-11H2,1-3H3,(H3,25,27,28,29,31). The molecule has 2 aliphatic rings. The van der Waals surface area contributed by atoms with E-state index in [1.807, 2.05) is 37.3 Å². The van der Waals surface area contributed by atoms with Crippen LogP contribution in [0.1, 0.15) is 51.2 Å². The zero-order valence-corrected chi connectivity index (χ0v) is 20.3. The van der Waals surface area contributed by atoms with Crippen molar-refractivity contribution in [3.05, 3.63) is 69.6 Å². The number of amides is 2. The van der Waals surface area contributed by atoms with Crippen molar-refractivity contribution in [1.29, 1.82) is 0 Å². The molecule has 1 aromatic carbocycles. The van der Waals surface area contributed by atoms with Crippen LogP contribution in [0.3, 0.4) is 0 Å². The second kappa shape index (κ2) is 8.68. The van der Waals surface area contributed by atoms with Crippen LogP contribution in [-0.4, -0.2) is 21.4 Å². The summed E-state index contributed by atoms with van der Waals surface area (Å²) in [5, 5.41) is 23.6. The molecule has 0 saturated heterocycles. The van der Waals surface area contributed by atoms with Crippen LogP contribution >= 0.6 is 11.3 Å². The van der Waals surface area contributed by atoms with Crippen LogP contribution < -0.4 is 15.8 Å². The third-order valence-corrected chi connectivity index (χ3v) is 8.73. The van der Waals surface area contributed by atoms with E-state index in [1.165, 1.54) is 19.2 Å². The summed E-state index contributed by atoms with van der Waals surface area (Å²) in [6.07, 6.45) is 2.73. The van der Waals surface area contributed by atoms with Crippen molar-refractivity contribution in [2.75, 3.05) is 0 Å². The number of dihydropyridines is 1. The molecular formula is C23H27FN4O3S2. The van der Waals surface area contributed by atoms with Gasteiger partial charge in [-0.25, -0.2) is 18.5 Å². The van der Waals surface area contributed by atoms with Gasteiger partial charge in [0.1, 0.15) is 0 Å². The molecule has 10 heteroatoms. The highest BCUT2D eigenvalue weighted by atomic mass is 32.2. The summed E-state index contributed by atoms with van der Waals surface area (Å²) in [6.45, 7) is 4.77. The minimum atomic E-state index is -3.86. The molecule has 4 rings (SSSR count). The fraction of sp³-hybridized carbons (Fsp3) is 0.348. The van der Waals surface area contributed by atoms with E-state index in [2.05, 4.69) is 15.0 Å². The van der Waals surface area contributed by atoms with E-state index in [0.29, 0.717) is 5.70 Å². The third kappa shape index (κ3) is 4.61. The van der Waals surface area contributed by atoms with E-state index >= 15 is 0 Å². The molecule has 2 aromatic rings. The Labute approximate surface area is 196 Å². The molecule has 33 heavy (non-hydrogen) atoms. The van der Waals surface area contributed by atoms with Gasteiger partial charge in [-0.2, -0.15) is 0 Å². The molecule has 7 nitrogen and oxygen atoms in total. The topological polar surface area (TPSA) is 117 Å². The van der Waals surface area contributed by atoms with Crippen LogP contribution in [0.5, 0.6) is 0 Å². The van der Waals surface area contributed by atoms with Gasteiger partial charge in [-0.05, 0) is 51.2 Å². The zero-order valence-electron chi connectivity index (χ0n) is 18.6. The number of nitrogens with two attached hydrogens (primary N) is 1. The van der Waals surface area contributed by atoms with Crippen LogP contribution in [0.4, 0.5) is 9.18 Å². The van der Waals surface area contributed by atoms with E-state index in [4.69, 9.17) is 5.14 Å². The molecule has 1 aromatic heterocycles. The van der Waals surface area contributed by atoms with Gasteiger partial charge >= 0.3 is 6.03 Å². The van der Waals surface area contributed by atoms with Crippen molar-refractivity contribution in [1.82, 2.24) is 10.6 Å². The molecule has 1 aliphatic carbocycles. The Hall–Kier alpha value is -2.53. The predicted octanol–water partition coefficient (Wildman–Crippen LogP) is 4.37. The Balaban J connectivity index is 1.71. The van der Waals surface area contributed by atoms with Crippen molar-refractivity contribution in [3.63, 3.8) is 0 Å². The van der Waals surface area contributed by atoms with Gasteiger partial charge in [0.15, 0.2) is 19.9 Å². The number of hydrogen-bond acceptors (Lipinski definition) is 5. The fourth-order valence-electron chi connectivity index (χ4n) is 4.32. The summed E-state index contributed by atoms with van der Waals surface area (Å²) in [5.41, 5.74) is 2.83. The number of thiophene rings is 1. The lowest BCUT2D eigenvalue weighted by Gasteiger charge is -2.29. The number of rotatable bonds is 4. The van der Waals surface area contributed by atoms with Gasteiger partial charge in [-0.3, -0.25) is 0 Å². The summed E-state index contributed by atoms with van der Waals surface area (Å²) >= 11 is 0.771. The first-order valence-electron chi connectivity index (χ1n) is 10.6. The number of allylic oxidation sites excluding steroid dienone is 2. The van der Waals surface area contributed by atoms with Crippen LogP contribution in [0.2, 0.25) is 0 Å². The molecule has 0 bridgehead atoms. The molecule has 2 amide bonds. The number of benzene rings is 1. The van der Waals surface area contributed by atoms with Crippen LogP contribution in [0.25, 0.3) is 5.57 Å². The van der Waals surface area contributed by atoms with Crippen LogP contribution in [-0.2, 0) is 15.5 Å². The minimum absolute atomic E-state index is 0.0433. The maximum absolute atomic E-state index is 14.8. The Morgan fingerprint density at radius 2 is 2.06 bits per heavy atom. The number of carbonyl (C=O) groups excluding carboxylic acids is 1. The van der Waals surface area contributed by atoms with Crippen molar-refractivity contribution in [2.24, 2.45) is 9.50 Å². The highest BCUT2D eigenvalue weighted by Gasteiger charge is 2.33. The van der Waals surface area contributed by atoms with Gasteiger partial charge in [0, 0.05) is 28.3 Å². The van der Waals surface area contributed by atoms with Crippen molar-refractivity contribution < 1.29 is 18.5 Å². The van der Waals surface area contributed by atoms with Crippen LogP contribution in [0, 0.1) is 5.82 Å². The quantitative estimate of drug-likeness (QED) is 0.509. The minimum Gasteiger partial charge on any atom is -0.386 e. The Bertz CT molecular complexity index is 1280. The SMILES string of the molecule is CC1=C(c2ccccc2)C(NC(=O)N=S(N)(=O)c2scc(C(C)(C)O)c2F)=C2CCCC2N1. The average Bonchev–Trinajstić information content (AvgIpc) is 3.34. The molecule has 5 N–H and O–H groups in total. The van der Waals surface area contributed by atoms with E-state index in [1.54, 1.807) is 0 Å². The molecule has 1 fully saturated rings. The van der Waals surface area contributed by atoms with Gasteiger partial charge in [-0.15, -0.1) is 15.7 Å². The zero-order chi connectivity index (χ0) is 24.0. The molecule has 2 atom stereocenters. The maximum Gasteiger partial charge on any atom is 0.354 e. The highest BCUT2D eigenvalue weighted by Crippen LogP contribution is 2.38. The summed E-state index contributed by atoms with van der Waals surface area (Å²) in [6, 6.07) is 8.84. The van der Waals surface area contributed by atoms with Crippen molar-refractivity contribution >= 4 is 32.9 Å². The number of halogens is 1. The maximum atomic E-state index is 14.8.